The molecule has 0 aliphatic rings. The van der Waals surface area contributed by atoms with Crippen LogP contribution in [-0.2, 0) is 0 Å². The minimum atomic E-state index is 0.605. The number of fused-ring (bicyclic) bond motifs is 6. The summed E-state index contributed by atoms with van der Waals surface area (Å²) in [6, 6.07) is 45.8. The van der Waals surface area contributed by atoms with Crippen LogP contribution in [0, 0.1) is 0 Å². The molecule has 0 amide bonds. The summed E-state index contributed by atoms with van der Waals surface area (Å²) in [4.78, 5) is 15.2. The molecule has 55 heavy (non-hydrogen) atoms. The first kappa shape index (κ1) is 33.1. The van der Waals surface area contributed by atoms with Gasteiger partial charge in [0, 0.05) is 43.8 Å². The molecule has 254 valence electrons. The van der Waals surface area contributed by atoms with Crippen LogP contribution in [0.25, 0.3) is 100 Å². The van der Waals surface area contributed by atoms with Crippen LogP contribution in [0.3, 0.4) is 0 Å². The van der Waals surface area contributed by atoms with Crippen LogP contribution in [0.15, 0.2) is 142 Å². The van der Waals surface area contributed by atoms with Gasteiger partial charge in [0.2, 0.25) is 0 Å². The second kappa shape index (κ2) is 12.8. The first-order valence-corrected chi connectivity index (χ1v) is 18.7. The van der Waals surface area contributed by atoms with Gasteiger partial charge >= 0.3 is 0 Å². The maximum absolute atomic E-state index is 6.48. The molecule has 0 radical (unpaired) electrons. The summed E-state index contributed by atoms with van der Waals surface area (Å²) in [5, 5.41) is 4.24. The maximum Gasteiger partial charge on any atom is 0.164 e. The van der Waals surface area contributed by atoms with Crippen molar-refractivity contribution in [3.8, 4) is 56.4 Å². The van der Waals surface area contributed by atoms with E-state index >= 15 is 0 Å². The predicted molar refractivity (Wildman–Crippen MR) is 242 cm³/mol. The van der Waals surface area contributed by atoms with Crippen LogP contribution in [0.1, 0.15) is 0 Å². The van der Waals surface area contributed by atoms with Crippen LogP contribution in [-0.4, -0.2) is 54.2 Å². The molecule has 0 aliphatic carbocycles. The van der Waals surface area contributed by atoms with Gasteiger partial charge in [-0.15, -0.1) is 16.4 Å². The zero-order valence-electron chi connectivity index (χ0n) is 31.4. The number of furan rings is 2. The Bertz CT molecular complexity index is 3150. The number of nitrogens with zero attached hydrogens (tertiary/aromatic N) is 3. The summed E-state index contributed by atoms with van der Waals surface area (Å²) in [7, 11) is 11.1. The number of para-hydroxylation sites is 2. The van der Waals surface area contributed by atoms with Crippen molar-refractivity contribution < 1.29 is 8.83 Å². The second-order valence-corrected chi connectivity index (χ2v) is 14.6. The Morgan fingerprint density at radius 1 is 0.345 bits per heavy atom. The summed E-state index contributed by atoms with van der Waals surface area (Å²) in [5.41, 5.74) is 17.3. The normalized spacial score (nSPS) is 11.6. The van der Waals surface area contributed by atoms with E-state index in [1.807, 2.05) is 60.7 Å². The first-order chi connectivity index (χ1) is 26.8. The van der Waals surface area contributed by atoms with Crippen LogP contribution in [0.2, 0.25) is 0 Å². The van der Waals surface area contributed by atoms with E-state index in [0.29, 0.717) is 17.5 Å². The zero-order chi connectivity index (χ0) is 37.4. The topological polar surface area (TPSA) is 65.0 Å². The van der Waals surface area contributed by atoms with Gasteiger partial charge in [0.15, 0.2) is 17.5 Å². The van der Waals surface area contributed by atoms with Gasteiger partial charge in [-0.25, -0.2) is 15.0 Å². The van der Waals surface area contributed by atoms with Gasteiger partial charge in [-0.2, -0.15) is 0 Å². The molecule has 5 nitrogen and oxygen atoms in total. The summed E-state index contributed by atoms with van der Waals surface area (Å²) in [6.45, 7) is 0. The third-order valence-corrected chi connectivity index (χ3v) is 11.5. The Kier molecular flexibility index (Phi) is 7.70. The van der Waals surface area contributed by atoms with Gasteiger partial charge in [-0.3, -0.25) is 0 Å². The molecule has 0 saturated carbocycles. The fourth-order valence-corrected chi connectivity index (χ4v) is 8.16. The largest absolute Gasteiger partial charge is 0.456 e. The van der Waals surface area contributed by atoms with Crippen LogP contribution in [0.5, 0.6) is 0 Å². The lowest BCUT2D eigenvalue weighted by molar-refractivity contribution is 0.668. The van der Waals surface area contributed by atoms with Gasteiger partial charge in [0.05, 0.1) is 0 Å². The monoisotopic (exact) mass is 701 g/mol. The van der Waals surface area contributed by atoms with Crippen molar-refractivity contribution in [2.24, 2.45) is 0 Å². The van der Waals surface area contributed by atoms with E-state index in [4.69, 9.17) is 23.8 Å². The highest BCUT2D eigenvalue weighted by atomic mass is 16.3. The highest BCUT2D eigenvalue weighted by Gasteiger charge is 2.18. The average Bonchev–Trinajstić information content (AvgIpc) is 3.80. The fourth-order valence-electron chi connectivity index (χ4n) is 8.16. The first-order valence-electron chi connectivity index (χ1n) is 18.7. The van der Waals surface area contributed by atoms with Crippen LogP contribution >= 0.6 is 0 Å². The van der Waals surface area contributed by atoms with E-state index in [1.165, 1.54) is 32.9 Å². The Hall–Kier alpha value is -6.53. The smallest absolute Gasteiger partial charge is 0.164 e. The number of benzene rings is 7. The molecule has 0 saturated heterocycles. The summed E-state index contributed by atoms with van der Waals surface area (Å²) >= 11 is 0. The quantitative estimate of drug-likeness (QED) is 0.258. The van der Waals surface area contributed by atoms with Gasteiger partial charge in [-0.05, 0) is 59.2 Å². The van der Waals surface area contributed by atoms with E-state index < -0.39 is 0 Å². The standard InChI is InChI=1S/C45H32B5N3O2/c46-37-36(38(47)40(49)41(50)39(37)48)25-10-6-11-26(20-25)44-51-43(23-8-2-1-3-9-23)52-45(53-44)27-17-19-34-32(21-27)30-18-16-24(22-35(30)54-34)28-13-7-14-31-29-12-4-5-15-33(29)55-42(28)31/h1-22H,46-50H2. The lowest BCUT2D eigenvalue weighted by atomic mass is 9.59. The summed E-state index contributed by atoms with van der Waals surface area (Å²) in [5.74, 6) is 1.86. The van der Waals surface area contributed by atoms with E-state index in [9.17, 15) is 0 Å². The zero-order valence-corrected chi connectivity index (χ0v) is 31.4. The van der Waals surface area contributed by atoms with Gasteiger partial charge in [0.1, 0.15) is 61.6 Å². The molecule has 0 unspecified atom stereocenters. The highest BCUT2D eigenvalue weighted by Crippen LogP contribution is 2.39. The lowest BCUT2D eigenvalue weighted by Gasteiger charge is -2.20. The Balaban J connectivity index is 1.09. The average molecular weight is 701 g/mol. The number of hydrogen-bond donors (Lipinski definition) is 0. The number of rotatable bonds is 5. The minimum absolute atomic E-state index is 0.605. The lowest BCUT2D eigenvalue weighted by Crippen LogP contribution is -2.55. The van der Waals surface area contributed by atoms with Gasteiger partial charge in [-0.1, -0.05) is 102 Å². The fraction of sp³-hybridized carbons (Fsp3) is 0. The number of aromatic nitrogens is 3. The number of hydrogen-bond acceptors (Lipinski definition) is 5. The summed E-state index contributed by atoms with van der Waals surface area (Å²) < 4.78 is 12.8. The van der Waals surface area contributed by atoms with Crippen LogP contribution < -0.4 is 27.3 Å². The van der Waals surface area contributed by atoms with Gasteiger partial charge < -0.3 is 8.83 Å². The molecule has 10 heteroatoms. The van der Waals surface area contributed by atoms with Crippen molar-refractivity contribution in [2.45, 2.75) is 0 Å². The third-order valence-electron chi connectivity index (χ3n) is 11.5. The van der Waals surface area contributed by atoms with E-state index in [2.05, 4.69) is 112 Å². The van der Waals surface area contributed by atoms with Crippen molar-refractivity contribution in [3.05, 3.63) is 133 Å². The van der Waals surface area contributed by atoms with E-state index in [1.54, 1.807) is 0 Å². The molecule has 0 aliphatic heterocycles. The summed E-state index contributed by atoms with van der Waals surface area (Å²) in [6.07, 6.45) is 0. The molecule has 0 N–H and O–H groups in total. The van der Waals surface area contributed by atoms with Crippen molar-refractivity contribution in [2.75, 3.05) is 0 Å². The molecular formula is C45H32B5N3O2. The Morgan fingerprint density at radius 3 is 1.69 bits per heavy atom. The molecular weight excluding hydrogens is 669 g/mol. The molecule has 3 heterocycles. The molecule has 0 spiro atoms. The predicted octanol–water partition coefficient (Wildman–Crippen LogP) is 3.30. The molecule has 0 bridgehead atoms. The van der Waals surface area contributed by atoms with E-state index in [0.717, 1.165) is 77.3 Å². The SMILES string of the molecule is Bc1c(B)c(B)c(-c2cccc(-c3nc(-c4ccccc4)nc(-c4ccc5oc6cc(-c7cccc8c7oc7ccccc78)ccc6c5c4)n3)c2)c(B)c1B. The van der Waals surface area contributed by atoms with Crippen molar-refractivity contribution in [3.63, 3.8) is 0 Å². The Morgan fingerprint density at radius 2 is 0.909 bits per heavy atom. The molecule has 3 aromatic heterocycles. The molecule has 0 atom stereocenters. The maximum atomic E-state index is 6.48. The minimum Gasteiger partial charge on any atom is -0.456 e. The second-order valence-electron chi connectivity index (χ2n) is 14.6. The van der Waals surface area contributed by atoms with Crippen molar-refractivity contribution in [1.82, 2.24) is 15.0 Å². The molecule has 0 fully saturated rings. The van der Waals surface area contributed by atoms with E-state index in [-0.39, 0.29) is 0 Å². The van der Waals surface area contributed by atoms with Crippen molar-refractivity contribution >= 4 is 110 Å². The molecule has 7 aromatic carbocycles. The Labute approximate surface area is 322 Å². The van der Waals surface area contributed by atoms with Crippen molar-refractivity contribution in [1.29, 1.82) is 0 Å². The van der Waals surface area contributed by atoms with Gasteiger partial charge in [0.25, 0.3) is 0 Å². The van der Waals surface area contributed by atoms with Crippen LogP contribution in [0.4, 0.5) is 0 Å². The third kappa shape index (κ3) is 5.43. The highest BCUT2D eigenvalue weighted by molar-refractivity contribution is 6.68. The molecule has 10 aromatic rings. The molecule has 10 rings (SSSR count).